The highest BCUT2D eigenvalue weighted by atomic mass is 16.4. The molecule has 0 radical (unpaired) electrons. The van der Waals surface area contributed by atoms with E-state index in [1.807, 2.05) is 11.9 Å². The molecular formula is C15H27N3O3. The molecule has 0 bridgehead atoms. The highest BCUT2D eigenvalue weighted by molar-refractivity contribution is 5.76. The zero-order valence-corrected chi connectivity index (χ0v) is 12.9. The van der Waals surface area contributed by atoms with Gasteiger partial charge >= 0.3 is 12.0 Å². The van der Waals surface area contributed by atoms with Gasteiger partial charge in [0.25, 0.3) is 0 Å². The molecule has 2 N–H and O–H groups in total. The van der Waals surface area contributed by atoms with E-state index in [4.69, 9.17) is 5.11 Å². The van der Waals surface area contributed by atoms with E-state index < -0.39 is 5.97 Å². The fourth-order valence-corrected chi connectivity index (χ4v) is 3.54. The number of amides is 2. The summed E-state index contributed by atoms with van der Waals surface area (Å²) in [5.74, 6) is -0.304. The van der Waals surface area contributed by atoms with Gasteiger partial charge in [-0.2, -0.15) is 0 Å². The number of carboxylic acid groups (broad SMARTS) is 1. The number of nitrogens with zero attached hydrogens (tertiary/aromatic N) is 2. The van der Waals surface area contributed by atoms with Crippen molar-refractivity contribution in [3.63, 3.8) is 0 Å². The van der Waals surface area contributed by atoms with Crippen LogP contribution in [0, 0.1) is 5.92 Å². The molecule has 6 heteroatoms. The quantitative estimate of drug-likeness (QED) is 0.822. The number of carbonyl (C=O) groups is 2. The lowest BCUT2D eigenvalue weighted by molar-refractivity contribution is -0.138. The minimum atomic E-state index is -0.814. The molecule has 2 aliphatic heterocycles. The van der Waals surface area contributed by atoms with Crippen molar-refractivity contribution in [2.45, 2.75) is 44.6 Å². The van der Waals surface area contributed by atoms with Gasteiger partial charge in [-0.05, 0) is 51.6 Å². The molecular weight excluding hydrogens is 270 g/mol. The van der Waals surface area contributed by atoms with Crippen LogP contribution in [0.2, 0.25) is 0 Å². The Morgan fingerprint density at radius 3 is 2.71 bits per heavy atom. The third kappa shape index (κ3) is 4.33. The maximum atomic E-state index is 12.7. The number of hydrogen-bond donors (Lipinski definition) is 2. The van der Waals surface area contributed by atoms with E-state index in [1.54, 1.807) is 4.90 Å². The van der Waals surface area contributed by atoms with E-state index in [2.05, 4.69) is 5.32 Å². The molecule has 0 aromatic heterocycles. The summed E-state index contributed by atoms with van der Waals surface area (Å²) < 4.78 is 0. The van der Waals surface area contributed by atoms with Crippen LogP contribution in [0.25, 0.3) is 0 Å². The first-order chi connectivity index (χ1) is 10.1. The molecule has 2 saturated heterocycles. The van der Waals surface area contributed by atoms with E-state index in [1.165, 1.54) is 0 Å². The van der Waals surface area contributed by atoms with Crippen molar-refractivity contribution in [2.24, 2.45) is 5.92 Å². The Kier molecular flexibility index (Phi) is 5.85. The Bertz CT molecular complexity index is 373. The maximum absolute atomic E-state index is 12.7. The van der Waals surface area contributed by atoms with Gasteiger partial charge < -0.3 is 20.2 Å². The molecule has 120 valence electrons. The molecule has 2 heterocycles. The first-order valence-electron chi connectivity index (χ1n) is 8.03. The second-order valence-corrected chi connectivity index (χ2v) is 6.24. The molecule has 2 aliphatic rings. The average molecular weight is 297 g/mol. The van der Waals surface area contributed by atoms with Crippen molar-refractivity contribution in [3.05, 3.63) is 0 Å². The third-order valence-corrected chi connectivity index (χ3v) is 4.57. The van der Waals surface area contributed by atoms with Gasteiger partial charge in [-0.15, -0.1) is 0 Å². The van der Waals surface area contributed by atoms with E-state index >= 15 is 0 Å². The van der Waals surface area contributed by atoms with Crippen molar-refractivity contribution >= 4 is 12.0 Å². The Morgan fingerprint density at radius 2 is 2.00 bits per heavy atom. The van der Waals surface area contributed by atoms with Crippen LogP contribution >= 0.6 is 0 Å². The maximum Gasteiger partial charge on any atom is 0.320 e. The fraction of sp³-hybridized carbons (Fsp3) is 0.867. The fourth-order valence-electron chi connectivity index (χ4n) is 3.54. The molecule has 0 saturated carbocycles. The summed E-state index contributed by atoms with van der Waals surface area (Å²) in [6.07, 6.45) is 5.07. The smallest absolute Gasteiger partial charge is 0.320 e. The van der Waals surface area contributed by atoms with Gasteiger partial charge in [0.1, 0.15) is 0 Å². The number of aliphatic carboxylic acids is 1. The number of carbonyl (C=O) groups excluding carboxylic acids is 1. The van der Waals surface area contributed by atoms with Crippen LogP contribution in [0.4, 0.5) is 4.79 Å². The van der Waals surface area contributed by atoms with Crippen molar-refractivity contribution in [1.82, 2.24) is 15.1 Å². The summed E-state index contributed by atoms with van der Waals surface area (Å²) in [5, 5.41) is 12.2. The Hall–Kier alpha value is -1.30. The average Bonchev–Trinajstić information content (AvgIpc) is 2.47. The van der Waals surface area contributed by atoms with Crippen LogP contribution in [0.1, 0.15) is 38.5 Å². The van der Waals surface area contributed by atoms with Gasteiger partial charge in [-0.1, -0.05) is 0 Å². The predicted octanol–water partition coefficient (Wildman–Crippen LogP) is 1.37. The summed E-state index contributed by atoms with van der Waals surface area (Å²) in [4.78, 5) is 27.4. The normalized spacial score (nSPS) is 26.7. The molecule has 2 unspecified atom stereocenters. The SMILES string of the molecule is CNCC1CCCN(C(=O)N2CCCCC2CC(=O)O)C1. The van der Waals surface area contributed by atoms with Crippen molar-refractivity contribution in [1.29, 1.82) is 0 Å². The topological polar surface area (TPSA) is 72.9 Å². The molecule has 0 aromatic carbocycles. The second-order valence-electron chi connectivity index (χ2n) is 6.24. The number of rotatable bonds is 4. The number of hydrogen-bond acceptors (Lipinski definition) is 3. The molecule has 2 atom stereocenters. The third-order valence-electron chi connectivity index (χ3n) is 4.57. The van der Waals surface area contributed by atoms with Gasteiger partial charge in [-0.3, -0.25) is 4.79 Å². The van der Waals surface area contributed by atoms with Gasteiger partial charge in [0, 0.05) is 25.7 Å². The van der Waals surface area contributed by atoms with Crippen LogP contribution in [-0.4, -0.2) is 66.2 Å². The van der Waals surface area contributed by atoms with Crippen molar-refractivity contribution < 1.29 is 14.7 Å². The lowest BCUT2D eigenvalue weighted by atomic mass is 9.97. The highest BCUT2D eigenvalue weighted by Crippen LogP contribution is 2.24. The van der Waals surface area contributed by atoms with Gasteiger partial charge in [0.15, 0.2) is 0 Å². The van der Waals surface area contributed by atoms with Crippen molar-refractivity contribution in [2.75, 3.05) is 33.2 Å². The molecule has 2 rings (SSSR count). The van der Waals surface area contributed by atoms with Crippen LogP contribution in [-0.2, 0) is 4.79 Å². The lowest BCUT2D eigenvalue weighted by Crippen LogP contribution is -2.53. The number of nitrogens with one attached hydrogen (secondary N) is 1. The van der Waals surface area contributed by atoms with Gasteiger partial charge in [-0.25, -0.2) is 4.79 Å². The van der Waals surface area contributed by atoms with Crippen LogP contribution in [0.3, 0.4) is 0 Å². The monoisotopic (exact) mass is 297 g/mol. The van der Waals surface area contributed by atoms with E-state index in [-0.39, 0.29) is 18.5 Å². The molecule has 6 nitrogen and oxygen atoms in total. The lowest BCUT2D eigenvalue weighted by Gasteiger charge is -2.41. The zero-order chi connectivity index (χ0) is 15.2. The Labute approximate surface area is 126 Å². The van der Waals surface area contributed by atoms with E-state index in [9.17, 15) is 9.59 Å². The first-order valence-corrected chi connectivity index (χ1v) is 8.03. The standard InChI is InChI=1S/C15H27N3O3/c1-16-10-12-5-4-7-17(11-12)15(21)18-8-3-2-6-13(18)9-14(19)20/h12-13,16H,2-11H2,1H3,(H,19,20). The number of carboxylic acids is 1. The summed E-state index contributed by atoms with van der Waals surface area (Å²) in [5.41, 5.74) is 0. The molecule has 21 heavy (non-hydrogen) atoms. The molecule has 0 spiro atoms. The van der Waals surface area contributed by atoms with Gasteiger partial charge in [0.2, 0.25) is 0 Å². The second kappa shape index (κ2) is 7.64. The molecule has 2 amide bonds. The molecule has 2 fully saturated rings. The minimum Gasteiger partial charge on any atom is -0.481 e. The minimum absolute atomic E-state index is 0.0433. The molecule has 0 aliphatic carbocycles. The number of piperidine rings is 2. The van der Waals surface area contributed by atoms with Crippen LogP contribution in [0.15, 0.2) is 0 Å². The summed E-state index contributed by atoms with van der Waals surface area (Å²) in [6.45, 7) is 3.22. The first kappa shape index (κ1) is 16.1. The Balaban J connectivity index is 1.97. The van der Waals surface area contributed by atoms with Crippen molar-refractivity contribution in [3.8, 4) is 0 Å². The zero-order valence-electron chi connectivity index (χ0n) is 12.9. The van der Waals surface area contributed by atoms with Crippen LogP contribution < -0.4 is 5.32 Å². The molecule has 0 aromatic rings. The van der Waals surface area contributed by atoms with E-state index in [0.717, 1.165) is 51.7 Å². The summed E-state index contributed by atoms with van der Waals surface area (Å²) >= 11 is 0. The van der Waals surface area contributed by atoms with Crippen LogP contribution in [0.5, 0.6) is 0 Å². The Morgan fingerprint density at radius 1 is 1.19 bits per heavy atom. The highest BCUT2D eigenvalue weighted by Gasteiger charge is 2.33. The van der Waals surface area contributed by atoms with E-state index in [0.29, 0.717) is 12.5 Å². The predicted molar refractivity (Wildman–Crippen MR) is 80.2 cm³/mol. The van der Waals surface area contributed by atoms with Gasteiger partial charge in [0.05, 0.1) is 6.42 Å². The largest absolute Gasteiger partial charge is 0.481 e. The number of likely N-dealkylation sites (tertiary alicyclic amines) is 2. The number of urea groups is 1. The summed E-state index contributed by atoms with van der Waals surface area (Å²) in [7, 11) is 1.94. The summed E-state index contributed by atoms with van der Waals surface area (Å²) in [6, 6.07) is -0.0878.